The molecule has 2 aliphatic heterocycles. The van der Waals surface area contributed by atoms with Gasteiger partial charge in [0.15, 0.2) is 0 Å². The van der Waals surface area contributed by atoms with E-state index in [2.05, 4.69) is 59.3 Å². The first-order chi connectivity index (χ1) is 14.7. The highest BCUT2D eigenvalue weighted by Gasteiger charge is 2.25. The zero-order chi connectivity index (χ0) is 20.5. The van der Waals surface area contributed by atoms with Gasteiger partial charge in [0.25, 0.3) is 0 Å². The van der Waals surface area contributed by atoms with Crippen LogP contribution in [0.1, 0.15) is 40.2 Å². The van der Waals surface area contributed by atoms with Crippen molar-refractivity contribution in [3.8, 4) is 0 Å². The minimum absolute atomic E-state index is 0.00656. The number of pyridine rings is 1. The molecule has 0 radical (unpaired) electrons. The second-order valence-electron chi connectivity index (χ2n) is 7.39. The van der Waals surface area contributed by atoms with E-state index in [1.165, 1.54) is 5.56 Å². The third-order valence-corrected chi connectivity index (χ3v) is 5.73. The van der Waals surface area contributed by atoms with E-state index < -0.39 is 0 Å². The van der Waals surface area contributed by atoms with E-state index in [4.69, 9.17) is 24.4 Å². The molecule has 2 aromatic carbocycles. The van der Waals surface area contributed by atoms with E-state index in [0.717, 1.165) is 15.6 Å². The number of halogens is 1. The third-order valence-electron chi connectivity index (χ3n) is 5.21. The first-order valence-electron chi connectivity index (χ1n) is 9.87. The topological polar surface area (TPSA) is 56.1 Å². The average Bonchev–Trinajstić information content (AvgIpc) is 3.45. The zero-order valence-corrected chi connectivity index (χ0v) is 18.0. The van der Waals surface area contributed by atoms with Gasteiger partial charge in [-0.05, 0) is 42.3 Å². The number of ether oxygens (including phenoxy) is 2. The molecule has 0 bridgehead atoms. The van der Waals surface area contributed by atoms with Gasteiger partial charge in [0, 0.05) is 4.47 Å². The van der Waals surface area contributed by atoms with Crippen LogP contribution in [0.2, 0.25) is 0 Å². The normalized spacial score (nSPS) is 20.3. The molecule has 0 saturated carbocycles. The summed E-state index contributed by atoms with van der Waals surface area (Å²) in [5, 5.41) is 0. The van der Waals surface area contributed by atoms with Crippen LogP contribution >= 0.6 is 15.9 Å². The Labute approximate surface area is 183 Å². The van der Waals surface area contributed by atoms with Crippen molar-refractivity contribution in [1.29, 1.82) is 0 Å². The molecule has 0 N–H and O–H groups in total. The van der Waals surface area contributed by atoms with E-state index in [1.54, 1.807) is 0 Å². The van der Waals surface area contributed by atoms with Crippen LogP contribution < -0.4 is 0 Å². The number of aliphatic imine (C=N–C) groups is 2. The molecule has 0 aliphatic carbocycles. The van der Waals surface area contributed by atoms with Gasteiger partial charge in [-0.1, -0.05) is 64.0 Å². The fourth-order valence-electron chi connectivity index (χ4n) is 3.52. The summed E-state index contributed by atoms with van der Waals surface area (Å²) in [5.74, 6) is 1.11. The molecular formula is C24H20BrN3O2. The largest absolute Gasteiger partial charge is 0.474 e. The van der Waals surface area contributed by atoms with Crippen LogP contribution in [0, 0.1) is 6.92 Å². The summed E-state index contributed by atoms with van der Waals surface area (Å²) < 4.78 is 12.8. The molecule has 0 amide bonds. The summed E-state index contributed by atoms with van der Waals surface area (Å²) in [7, 11) is 0. The Hall–Kier alpha value is -2.99. The Bertz CT molecular complexity index is 1040. The molecule has 30 heavy (non-hydrogen) atoms. The molecule has 0 saturated heterocycles. The quantitative estimate of drug-likeness (QED) is 0.537. The molecule has 5 nitrogen and oxygen atoms in total. The Kier molecular flexibility index (Phi) is 5.09. The van der Waals surface area contributed by atoms with E-state index in [1.807, 2.05) is 30.3 Å². The fourth-order valence-corrected chi connectivity index (χ4v) is 3.78. The molecule has 2 atom stereocenters. The van der Waals surface area contributed by atoms with Crippen LogP contribution in [0.25, 0.3) is 0 Å². The Morgan fingerprint density at radius 2 is 1.23 bits per heavy atom. The van der Waals surface area contributed by atoms with Crippen LogP contribution in [-0.4, -0.2) is 30.0 Å². The zero-order valence-electron chi connectivity index (χ0n) is 16.5. The van der Waals surface area contributed by atoms with Gasteiger partial charge in [-0.3, -0.25) is 0 Å². The molecule has 2 aliphatic rings. The number of aromatic nitrogens is 1. The van der Waals surface area contributed by atoms with Gasteiger partial charge in [0.1, 0.15) is 36.7 Å². The standard InChI is InChI=1S/C24H20BrN3O2/c1-15-5-7-16(8-6-15)21-13-29-23(27-21)19-3-2-4-20(26-19)24-28-22(14-30-24)17-9-11-18(25)12-10-17/h2-12,21-22H,13-14H2,1H3/t21-,22-/m1/s1. The van der Waals surface area contributed by atoms with Gasteiger partial charge in [-0.25, -0.2) is 15.0 Å². The van der Waals surface area contributed by atoms with Gasteiger partial charge in [-0.2, -0.15) is 0 Å². The van der Waals surface area contributed by atoms with Crippen molar-refractivity contribution >= 4 is 27.7 Å². The SMILES string of the molecule is Cc1ccc([C@H]2COC(c3cccc(C4=N[C@@H](c5ccc(Br)cc5)CO4)n3)=N2)cc1. The van der Waals surface area contributed by atoms with Crippen LogP contribution in [0.5, 0.6) is 0 Å². The first kappa shape index (κ1) is 19.0. The summed E-state index contributed by atoms with van der Waals surface area (Å²) in [6, 6.07) is 22.2. The maximum atomic E-state index is 5.86. The fraction of sp³-hybridized carbons (Fsp3) is 0.208. The van der Waals surface area contributed by atoms with Crippen LogP contribution in [0.15, 0.2) is 81.2 Å². The highest BCUT2D eigenvalue weighted by atomic mass is 79.9. The lowest BCUT2D eigenvalue weighted by atomic mass is 10.1. The summed E-state index contributed by atoms with van der Waals surface area (Å²) in [6.45, 7) is 3.11. The van der Waals surface area contributed by atoms with E-state index in [0.29, 0.717) is 36.4 Å². The minimum Gasteiger partial charge on any atom is -0.474 e. The predicted molar refractivity (Wildman–Crippen MR) is 120 cm³/mol. The van der Waals surface area contributed by atoms with Crippen LogP contribution in [0.4, 0.5) is 0 Å². The number of aryl methyl sites for hydroxylation is 1. The van der Waals surface area contributed by atoms with Crippen molar-refractivity contribution in [3.63, 3.8) is 0 Å². The number of hydrogen-bond acceptors (Lipinski definition) is 5. The molecule has 150 valence electrons. The van der Waals surface area contributed by atoms with Crippen LogP contribution in [0.3, 0.4) is 0 Å². The molecule has 0 unspecified atom stereocenters. The summed E-state index contributed by atoms with van der Waals surface area (Å²) in [5.41, 5.74) is 4.88. The second-order valence-corrected chi connectivity index (χ2v) is 8.31. The molecule has 1 aromatic heterocycles. The lowest BCUT2D eigenvalue weighted by Crippen LogP contribution is -2.09. The summed E-state index contributed by atoms with van der Waals surface area (Å²) in [4.78, 5) is 14.2. The number of nitrogens with zero attached hydrogens (tertiary/aromatic N) is 3. The lowest BCUT2D eigenvalue weighted by molar-refractivity contribution is 0.317. The maximum Gasteiger partial charge on any atom is 0.236 e. The third kappa shape index (κ3) is 3.87. The van der Waals surface area contributed by atoms with Gasteiger partial charge in [0.2, 0.25) is 11.8 Å². The molecule has 3 heterocycles. The molecule has 3 aromatic rings. The summed E-state index contributed by atoms with van der Waals surface area (Å²) >= 11 is 3.46. The Morgan fingerprint density at radius 1 is 0.733 bits per heavy atom. The van der Waals surface area contributed by atoms with Crippen molar-refractivity contribution in [3.05, 3.63) is 99.3 Å². The van der Waals surface area contributed by atoms with E-state index in [9.17, 15) is 0 Å². The van der Waals surface area contributed by atoms with Crippen molar-refractivity contribution in [2.45, 2.75) is 19.0 Å². The Morgan fingerprint density at radius 3 is 1.77 bits per heavy atom. The van der Waals surface area contributed by atoms with Crippen molar-refractivity contribution in [2.75, 3.05) is 13.2 Å². The molecule has 0 fully saturated rings. The van der Waals surface area contributed by atoms with Gasteiger partial charge >= 0.3 is 0 Å². The second kappa shape index (κ2) is 8.03. The average molecular weight is 462 g/mol. The molecule has 6 heteroatoms. The van der Waals surface area contributed by atoms with Gasteiger partial charge in [0.05, 0.1) is 0 Å². The Balaban J connectivity index is 1.37. The lowest BCUT2D eigenvalue weighted by Gasteiger charge is -2.05. The molecule has 0 spiro atoms. The van der Waals surface area contributed by atoms with E-state index >= 15 is 0 Å². The van der Waals surface area contributed by atoms with Gasteiger partial charge in [-0.15, -0.1) is 0 Å². The van der Waals surface area contributed by atoms with Crippen molar-refractivity contribution < 1.29 is 9.47 Å². The number of hydrogen-bond donors (Lipinski definition) is 0. The van der Waals surface area contributed by atoms with Gasteiger partial charge < -0.3 is 9.47 Å². The molecular weight excluding hydrogens is 442 g/mol. The summed E-state index contributed by atoms with van der Waals surface area (Å²) in [6.07, 6.45) is 0. The highest BCUT2D eigenvalue weighted by Crippen LogP contribution is 2.27. The number of rotatable bonds is 4. The van der Waals surface area contributed by atoms with Crippen molar-refractivity contribution in [1.82, 2.24) is 4.98 Å². The minimum atomic E-state index is -0.0236. The van der Waals surface area contributed by atoms with E-state index in [-0.39, 0.29) is 12.1 Å². The smallest absolute Gasteiger partial charge is 0.236 e. The first-order valence-corrected chi connectivity index (χ1v) is 10.7. The molecule has 5 rings (SSSR count). The van der Waals surface area contributed by atoms with Crippen LogP contribution in [-0.2, 0) is 9.47 Å². The monoisotopic (exact) mass is 461 g/mol. The predicted octanol–water partition coefficient (Wildman–Crippen LogP) is 5.19. The maximum absolute atomic E-state index is 5.86. The highest BCUT2D eigenvalue weighted by molar-refractivity contribution is 9.10. The van der Waals surface area contributed by atoms with Crippen molar-refractivity contribution in [2.24, 2.45) is 9.98 Å². The number of benzene rings is 2.